The Hall–Kier alpha value is -2.34. The smallest absolute Gasteiger partial charge is 0.261 e. The van der Waals surface area contributed by atoms with Crippen LogP contribution in [0.2, 0.25) is 0 Å². The molecule has 0 saturated carbocycles. The number of nitrogens with one attached hydrogen (secondary N) is 1. The summed E-state index contributed by atoms with van der Waals surface area (Å²) in [4.78, 5) is 7.15. The zero-order valence-electron chi connectivity index (χ0n) is 9.63. The SMILES string of the molecule is Fc1ccc(-c2noc(-c3ccc[nH]c3=S)n2)cc1. The summed E-state index contributed by atoms with van der Waals surface area (Å²) in [5, 5.41) is 3.86. The molecule has 0 fully saturated rings. The van der Waals surface area contributed by atoms with Gasteiger partial charge >= 0.3 is 0 Å². The average molecular weight is 273 g/mol. The molecule has 0 radical (unpaired) electrons. The number of H-pyrrole nitrogens is 1. The summed E-state index contributed by atoms with van der Waals surface area (Å²) in [6, 6.07) is 9.47. The Balaban J connectivity index is 2.02. The third-order valence-corrected chi connectivity index (χ3v) is 2.91. The normalized spacial score (nSPS) is 10.6. The van der Waals surface area contributed by atoms with Gasteiger partial charge in [0.05, 0.1) is 5.56 Å². The molecule has 0 aliphatic carbocycles. The van der Waals surface area contributed by atoms with Gasteiger partial charge in [-0.1, -0.05) is 17.4 Å². The van der Waals surface area contributed by atoms with Crippen molar-refractivity contribution in [3.63, 3.8) is 0 Å². The molecule has 2 aromatic heterocycles. The van der Waals surface area contributed by atoms with Crippen LogP contribution in [-0.2, 0) is 0 Å². The van der Waals surface area contributed by atoms with Crippen molar-refractivity contribution < 1.29 is 8.91 Å². The van der Waals surface area contributed by atoms with Crippen molar-refractivity contribution in [2.45, 2.75) is 0 Å². The molecule has 1 N–H and O–H groups in total. The van der Waals surface area contributed by atoms with Crippen molar-refractivity contribution in [3.05, 3.63) is 53.1 Å². The van der Waals surface area contributed by atoms with Crippen LogP contribution in [0.15, 0.2) is 47.1 Å². The number of rotatable bonds is 2. The zero-order chi connectivity index (χ0) is 13.2. The first-order chi connectivity index (χ1) is 9.24. The molecule has 0 atom stereocenters. The van der Waals surface area contributed by atoms with E-state index in [1.165, 1.54) is 12.1 Å². The maximum atomic E-state index is 12.8. The summed E-state index contributed by atoms with van der Waals surface area (Å²) in [6.45, 7) is 0. The topological polar surface area (TPSA) is 54.7 Å². The molecule has 2 heterocycles. The van der Waals surface area contributed by atoms with E-state index in [9.17, 15) is 4.39 Å². The number of nitrogens with zero attached hydrogens (tertiary/aromatic N) is 2. The molecule has 0 bridgehead atoms. The van der Waals surface area contributed by atoms with Crippen LogP contribution < -0.4 is 0 Å². The van der Waals surface area contributed by atoms with Crippen LogP contribution >= 0.6 is 12.2 Å². The number of hydrogen-bond acceptors (Lipinski definition) is 4. The third-order valence-electron chi connectivity index (χ3n) is 2.58. The van der Waals surface area contributed by atoms with Gasteiger partial charge in [-0.3, -0.25) is 0 Å². The van der Waals surface area contributed by atoms with Crippen LogP contribution in [0, 0.1) is 10.5 Å². The number of pyridine rings is 1. The summed E-state index contributed by atoms with van der Waals surface area (Å²) < 4.78 is 18.5. The van der Waals surface area contributed by atoms with Crippen molar-refractivity contribution in [1.82, 2.24) is 15.1 Å². The Morgan fingerprint density at radius 1 is 1.16 bits per heavy atom. The first kappa shape index (κ1) is 11.7. The fourth-order valence-electron chi connectivity index (χ4n) is 1.64. The van der Waals surface area contributed by atoms with Gasteiger partial charge in [-0.2, -0.15) is 4.98 Å². The average Bonchev–Trinajstić information content (AvgIpc) is 2.89. The van der Waals surface area contributed by atoms with Crippen molar-refractivity contribution >= 4 is 12.2 Å². The minimum absolute atomic E-state index is 0.307. The highest BCUT2D eigenvalue weighted by Crippen LogP contribution is 2.22. The molecule has 0 unspecified atom stereocenters. The van der Waals surface area contributed by atoms with E-state index in [1.807, 2.05) is 0 Å². The van der Waals surface area contributed by atoms with Gasteiger partial charge in [-0.05, 0) is 36.4 Å². The summed E-state index contributed by atoms with van der Waals surface area (Å²) in [6.07, 6.45) is 1.73. The standard InChI is InChI=1S/C13H8FN3OS/c14-9-5-3-8(4-6-9)11-16-12(18-17-11)10-2-1-7-15-13(10)19/h1-7H,(H,15,19). The molecular formula is C13H8FN3OS. The fraction of sp³-hybridized carbons (Fsp3) is 0. The van der Waals surface area contributed by atoms with Crippen LogP contribution in [0.25, 0.3) is 22.8 Å². The van der Waals surface area contributed by atoms with E-state index < -0.39 is 0 Å². The number of aromatic nitrogens is 3. The lowest BCUT2D eigenvalue weighted by Gasteiger charge is -1.93. The Kier molecular flexibility index (Phi) is 2.92. The molecule has 3 aromatic rings. The predicted molar refractivity (Wildman–Crippen MR) is 70.3 cm³/mol. The van der Waals surface area contributed by atoms with Crippen LogP contribution in [-0.4, -0.2) is 15.1 Å². The number of hydrogen-bond donors (Lipinski definition) is 1. The summed E-state index contributed by atoms with van der Waals surface area (Å²) in [5.74, 6) is 0.424. The van der Waals surface area contributed by atoms with Gasteiger partial charge in [0, 0.05) is 11.8 Å². The maximum absolute atomic E-state index is 12.8. The predicted octanol–water partition coefficient (Wildman–Crippen LogP) is 3.60. The molecule has 0 saturated heterocycles. The highest BCUT2D eigenvalue weighted by atomic mass is 32.1. The van der Waals surface area contributed by atoms with Crippen molar-refractivity contribution in [1.29, 1.82) is 0 Å². The Bertz CT molecular complexity index is 764. The fourth-order valence-corrected chi connectivity index (χ4v) is 1.86. The van der Waals surface area contributed by atoms with Gasteiger partial charge in [-0.25, -0.2) is 4.39 Å². The van der Waals surface area contributed by atoms with E-state index in [0.29, 0.717) is 27.5 Å². The third kappa shape index (κ3) is 2.30. The van der Waals surface area contributed by atoms with Gasteiger partial charge in [0.1, 0.15) is 10.5 Å². The quantitative estimate of drug-likeness (QED) is 0.725. The van der Waals surface area contributed by atoms with Gasteiger partial charge < -0.3 is 9.51 Å². The van der Waals surface area contributed by atoms with E-state index >= 15 is 0 Å². The Morgan fingerprint density at radius 2 is 1.95 bits per heavy atom. The summed E-state index contributed by atoms with van der Waals surface area (Å²) in [5.41, 5.74) is 1.35. The molecule has 6 heteroatoms. The first-order valence-electron chi connectivity index (χ1n) is 5.52. The minimum atomic E-state index is -0.307. The molecule has 0 spiro atoms. The maximum Gasteiger partial charge on any atom is 0.261 e. The lowest BCUT2D eigenvalue weighted by molar-refractivity contribution is 0.432. The van der Waals surface area contributed by atoms with Crippen molar-refractivity contribution in [2.75, 3.05) is 0 Å². The van der Waals surface area contributed by atoms with Crippen LogP contribution in [0.1, 0.15) is 0 Å². The number of aromatic amines is 1. The molecule has 1 aromatic carbocycles. The number of halogens is 1. The molecule has 4 nitrogen and oxygen atoms in total. The lowest BCUT2D eigenvalue weighted by Crippen LogP contribution is -1.83. The minimum Gasteiger partial charge on any atom is -0.352 e. The molecule has 19 heavy (non-hydrogen) atoms. The van der Waals surface area contributed by atoms with Crippen LogP contribution in [0.5, 0.6) is 0 Å². The first-order valence-corrected chi connectivity index (χ1v) is 5.92. The van der Waals surface area contributed by atoms with Crippen molar-refractivity contribution in [2.24, 2.45) is 0 Å². The van der Waals surface area contributed by atoms with Gasteiger partial charge in [0.15, 0.2) is 0 Å². The van der Waals surface area contributed by atoms with Crippen LogP contribution in [0.3, 0.4) is 0 Å². The lowest BCUT2D eigenvalue weighted by atomic mass is 10.2. The monoisotopic (exact) mass is 273 g/mol. The van der Waals surface area contributed by atoms with E-state index in [0.717, 1.165) is 0 Å². The van der Waals surface area contributed by atoms with E-state index in [-0.39, 0.29) is 5.82 Å². The molecule has 0 aliphatic heterocycles. The molecule has 0 aliphatic rings. The zero-order valence-corrected chi connectivity index (χ0v) is 10.4. The summed E-state index contributed by atoms with van der Waals surface area (Å²) >= 11 is 5.14. The molecular weight excluding hydrogens is 265 g/mol. The van der Waals surface area contributed by atoms with E-state index in [1.54, 1.807) is 30.5 Å². The molecule has 94 valence electrons. The van der Waals surface area contributed by atoms with E-state index in [2.05, 4.69) is 15.1 Å². The van der Waals surface area contributed by atoms with Gasteiger partial charge in [0.2, 0.25) is 5.82 Å². The van der Waals surface area contributed by atoms with Crippen LogP contribution in [0.4, 0.5) is 4.39 Å². The highest BCUT2D eigenvalue weighted by Gasteiger charge is 2.11. The molecule has 3 rings (SSSR count). The highest BCUT2D eigenvalue weighted by molar-refractivity contribution is 7.71. The molecule has 0 amide bonds. The Labute approximate surface area is 112 Å². The summed E-state index contributed by atoms with van der Waals surface area (Å²) in [7, 11) is 0. The van der Waals surface area contributed by atoms with E-state index in [4.69, 9.17) is 16.7 Å². The second-order valence-electron chi connectivity index (χ2n) is 3.84. The van der Waals surface area contributed by atoms with Crippen molar-refractivity contribution in [3.8, 4) is 22.8 Å². The Morgan fingerprint density at radius 3 is 2.68 bits per heavy atom. The van der Waals surface area contributed by atoms with Gasteiger partial charge in [-0.15, -0.1) is 0 Å². The second-order valence-corrected chi connectivity index (χ2v) is 4.25. The number of benzene rings is 1. The largest absolute Gasteiger partial charge is 0.352 e. The van der Waals surface area contributed by atoms with Gasteiger partial charge in [0.25, 0.3) is 5.89 Å². The second kappa shape index (κ2) is 4.74.